The van der Waals surface area contributed by atoms with Crippen LogP contribution in [0, 0.1) is 0 Å². The zero-order valence-corrected chi connectivity index (χ0v) is 13.8. The van der Waals surface area contributed by atoms with E-state index >= 15 is 0 Å². The van der Waals surface area contributed by atoms with Gasteiger partial charge in [-0.2, -0.15) is 0 Å². The number of hydrogen-bond donors (Lipinski definition) is 0. The first-order valence-electron chi connectivity index (χ1n) is 7.54. The molecule has 5 heteroatoms. The van der Waals surface area contributed by atoms with Gasteiger partial charge in [0.1, 0.15) is 13.2 Å². The molecule has 0 bridgehead atoms. The molecule has 0 aromatic rings. The molecule has 0 aliphatic carbocycles. The van der Waals surface area contributed by atoms with Gasteiger partial charge in [-0.25, -0.2) is 0 Å². The van der Waals surface area contributed by atoms with Crippen LogP contribution in [0.15, 0.2) is 0 Å². The maximum absolute atomic E-state index is 11.3. The minimum atomic E-state index is -1.92. The molecule has 1 unspecified atom stereocenters. The summed E-state index contributed by atoms with van der Waals surface area (Å²) in [4.78, 5) is 1.99. The van der Waals surface area contributed by atoms with E-state index in [1.165, 1.54) is 38.5 Å². The van der Waals surface area contributed by atoms with Crippen molar-refractivity contribution in [3.8, 4) is 0 Å². The average Bonchev–Trinajstić information content (AvgIpc) is 2.36. The Morgan fingerprint density at radius 2 is 1.37 bits per heavy atom. The lowest BCUT2D eigenvalue weighted by atomic mass is 10.1. The largest absolute Gasteiger partial charge is 0.697 e. The quantitative estimate of drug-likeness (QED) is 0.352. The van der Waals surface area contributed by atoms with Gasteiger partial charge in [-0.15, -0.1) is 9.05 Å². The van der Waals surface area contributed by atoms with Crippen LogP contribution in [0.4, 0.5) is 0 Å². The maximum Gasteiger partial charge on any atom is 0.697 e. The first kappa shape index (κ1) is 19.0. The Morgan fingerprint density at radius 3 is 1.95 bits per heavy atom. The number of unbranched alkanes of at least 4 members (excludes halogenated alkanes) is 7. The van der Waals surface area contributed by atoms with E-state index in [1.54, 1.807) is 0 Å². The third-order valence-corrected chi connectivity index (χ3v) is 3.72. The number of likely N-dealkylation sites (N-methyl/N-ethyl adjacent to an activating group) is 1. The molecule has 0 amide bonds. The molecule has 0 spiro atoms. The fourth-order valence-corrected chi connectivity index (χ4v) is 2.29. The highest BCUT2D eigenvalue weighted by Crippen LogP contribution is 2.23. The van der Waals surface area contributed by atoms with E-state index in [1.807, 2.05) is 19.0 Å². The number of hydrogen-bond acceptors (Lipinski definition) is 4. The molecule has 0 aromatic carbocycles. The third-order valence-electron chi connectivity index (χ3n) is 2.93. The Labute approximate surface area is 119 Å². The van der Waals surface area contributed by atoms with E-state index in [9.17, 15) is 4.57 Å². The molecule has 0 heterocycles. The highest BCUT2D eigenvalue weighted by Gasteiger charge is 2.19. The highest BCUT2D eigenvalue weighted by atomic mass is 31.1. The fraction of sp³-hybridized carbons (Fsp3) is 1.00. The van der Waals surface area contributed by atoms with E-state index in [-0.39, 0.29) is 0 Å². The van der Waals surface area contributed by atoms with Crippen molar-refractivity contribution in [2.45, 2.75) is 58.3 Å². The fourth-order valence-electron chi connectivity index (χ4n) is 1.71. The van der Waals surface area contributed by atoms with E-state index in [2.05, 4.69) is 6.92 Å². The molecule has 4 nitrogen and oxygen atoms in total. The Hall–Kier alpha value is -0.0200. The molecule has 0 fully saturated rings. The highest BCUT2D eigenvalue weighted by molar-refractivity contribution is 7.33. The van der Waals surface area contributed by atoms with Gasteiger partial charge < -0.3 is 4.90 Å². The molecule has 0 aliphatic heterocycles. The van der Waals surface area contributed by atoms with Gasteiger partial charge in [-0.3, -0.25) is 0 Å². The third kappa shape index (κ3) is 15.9. The van der Waals surface area contributed by atoms with Gasteiger partial charge >= 0.3 is 8.25 Å². The predicted octanol–water partition coefficient (Wildman–Crippen LogP) is 4.38. The average molecular weight is 292 g/mol. The van der Waals surface area contributed by atoms with Crippen LogP contribution < -0.4 is 0 Å². The molecule has 0 N–H and O–H groups in total. The van der Waals surface area contributed by atoms with Gasteiger partial charge in [0.15, 0.2) is 0 Å². The van der Waals surface area contributed by atoms with Crippen LogP contribution in [0.25, 0.3) is 0 Å². The van der Waals surface area contributed by atoms with E-state index in [0.29, 0.717) is 13.2 Å². The second-order valence-corrected chi connectivity index (χ2v) is 6.13. The van der Waals surface area contributed by atoms with Crippen molar-refractivity contribution < 1.29 is 13.6 Å². The lowest BCUT2D eigenvalue weighted by Crippen LogP contribution is -2.16. The van der Waals surface area contributed by atoms with Crippen molar-refractivity contribution in [1.29, 1.82) is 0 Å². The first-order valence-corrected chi connectivity index (χ1v) is 8.64. The molecule has 0 aliphatic rings. The second kappa shape index (κ2) is 14.4. The lowest BCUT2D eigenvalue weighted by molar-refractivity contribution is 0.205. The van der Waals surface area contributed by atoms with Gasteiger partial charge in [0.05, 0.1) is 0 Å². The summed E-state index contributed by atoms with van der Waals surface area (Å²) < 4.78 is 21.5. The van der Waals surface area contributed by atoms with Gasteiger partial charge in [0.25, 0.3) is 0 Å². The van der Waals surface area contributed by atoms with Crippen molar-refractivity contribution in [3.05, 3.63) is 0 Å². The molecule has 19 heavy (non-hydrogen) atoms. The van der Waals surface area contributed by atoms with E-state index < -0.39 is 8.25 Å². The maximum atomic E-state index is 11.3. The van der Waals surface area contributed by atoms with Crippen molar-refractivity contribution >= 4 is 8.25 Å². The van der Waals surface area contributed by atoms with Crippen LogP contribution in [-0.2, 0) is 13.6 Å². The molecule has 0 aromatic heterocycles. The minimum absolute atomic E-state index is 0.458. The lowest BCUT2D eigenvalue weighted by Gasteiger charge is -2.04. The second-order valence-electron chi connectivity index (χ2n) is 5.17. The monoisotopic (exact) mass is 292 g/mol. The molecule has 1 atom stereocenters. The molecule has 0 radical (unpaired) electrons. The summed E-state index contributed by atoms with van der Waals surface area (Å²) in [6, 6.07) is 0. The summed E-state index contributed by atoms with van der Waals surface area (Å²) in [5.41, 5.74) is 0. The van der Waals surface area contributed by atoms with Crippen molar-refractivity contribution in [1.82, 2.24) is 4.90 Å². The summed E-state index contributed by atoms with van der Waals surface area (Å²) in [5.74, 6) is 0. The Kier molecular flexibility index (Phi) is 14.4. The van der Waals surface area contributed by atoms with Crippen LogP contribution in [0.3, 0.4) is 0 Å². The van der Waals surface area contributed by atoms with Crippen molar-refractivity contribution in [2.75, 3.05) is 33.9 Å². The molecule has 0 saturated heterocycles. The van der Waals surface area contributed by atoms with Crippen LogP contribution in [0.1, 0.15) is 58.3 Å². The zero-order valence-electron chi connectivity index (χ0n) is 12.9. The Bertz CT molecular complexity index is 213. The molecule has 0 rings (SSSR count). The smallest absolute Gasteiger partial charge is 0.307 e. The Morgan fingerprint density at radius 1 is 0.842 bits per heavy atom. The van der Waals surface area contributed by atoms with E-state index in [0.717, 1.165) is 19.4 Å². The van der Waals surface area contributed by atoms with Gasteiger partial charge in [-0.1, -0.05) is 51.9 Å². The Balaban J connectivity index is 3.14. The molecular formula is C14H31NO3P+. The van der Waals surface area contributed by atoms with Crippen LogP contribution in [-0.4, -0.2) is 38.8 Å². The summed E-state index contributed by atoms with van der Waals surface area (Å²) in [6.07, 6.45) is 10.1. The normalized spacial score (nSPS) is 12.1. The van der Waals surface area contributed by atoms with Gasteiger partial charge in [0, 0.05) is 11.1 Å². The van der Waals surface area contributed by atoms with Crippen LogP contribution in [0.2, 0.25) is 0 Å². The molecule has 0 saturated carbocycles. The van der Waals surface area contributed by atoms with Gasteiger partial charge in [-0.05, 0) is 20.5 Å². The molecular weight excluding hydrogens is 261 g/mol. The first-order chi connectivity index (χ1) is 9.16. The van der Waals surface area contributed by atoms with Gasteiger partial charge in [0.2, 0.25) is 0 Å². The minimum Gasteiger partial charge on any atom is -0.307 e. The van der Waals surface area contributed by atoms with Crippen LogP contribution in [0.5, 0.6) is 0 Å². The van der Waals surface area contributed by atoms with Crippen molar-refractivity contribution in [2.24, 2.45) is 0 Å². The summed E-state index contributed by atoms with van der Waals surface area (Å²) in [5, 5.41) is 0. The van der Waals surface area contributed by atoms with Crippen LogP contribution >= 0.6 is 8.25 Å². The zero-order chi connectivity index (χ0) is 14.3. The number of nitrogens with zero attached hydrogens (tertiary/aromatic N) is 1. The standard InChI is InChI=1S/C14H31NO3P/c1-4-5-6-7-8-9-10-11-13-17-19(16)18-14-12-15(2)3/h4-14H2,1-3H3/q+1. The summed E-state index contributed by atoms with van der Waals surface area (Å²) in [7, 11) is 1.99. The van der Waals surface area contributed by atoms with Crippen molar-refractivity contribution in [3.63, 3.8) is 0 Å². The van der Waals surface area contributed by atoms with E-state index in [4.69, 9.17) is 9.05 Å². The topological polar surface area (TPSA) is 38.8 Å². The molecule has 114 valence electrons. The summed E-state index contributed by atoms with van der Waals surface area (Å²) in [6.45, 7) is 4.01. The SMILES string of the molecule is CCCCCCCCCCO[P+](=O)OCCN(C)C. The summed E-state index contributed by atoms with van der Waals surface area (Å²) >= 11 is 0. The number of rotatable bonds is 14. The predicted molar refractivity (Wildman–Crippen MR) is 80.7 cm³/mol.